The van der Waals surface area contributed by atoms with E-state index in [1.165, 1.54) is 12.8 Å². The van der Waals surface area contributed by atoms with Crippen LogP contribution in [0.25, 0.3) is 10.8 Å². The van der Waals surface area contributed by atoms with E-state index >= 15 is 0 Å². The third-order valence-electron chi connectivity index (χ3n) is 3.74. The van der Waals surface area contributed by atoms with Gasteiger partial charge in [-0.1, -0.05) is 42.5 Å². The van der Waals surface area contributed by atoms with Gasteiger partial charge < -0.3 is 5.73 Å². The molecule has 1 aliphatic rings. The zero-order valence-electron chi connectivity index (χ0n) is 10.3. The summed E-state index contributed by atoms with van der Waals surface area (Å²) in [5.41, 5.74) is 6.85. The normalized spacial score (nSPS) is 16.7. The molecule has 18 heavy (non-hydrogen) atoms. The Balaban J connectivity index is 1.90. The van der Waals surface area contributed by atoms with Gasteiger partial charge in [0.2, 0.25) is 0 Å². The maximum absolute atomic E-state index is 12.3. The van der Waals surface area contributed by atoms with E-state index in [1.807, 2.05) is 42.5 Å². The SMILES string of the molecule is NC(CC(=O)c1cccc2ccccc12)C1CC1. The number of rotatable bonds is 4. The minimum absolute atomic E-state index is 0.0384. The molecule has 1 saturated carbocycles. The molecule has 2 N–H and O–H groups in total. The summed E-state index contributed by atoms with van der Waals surface area (Å²) in [6, 6.07) is 13.9. The van der Waals surface area contributed by atoms with Crippen molar-refractivity contribution < 1.29 is 4.79 Å². The summed E-state index contributed by atoms with van der Waals surface area (Å²) >= 11 is 0. The Hall–Kier alpha value is -1.67. The van der Waals surface area contributed by atoms with Crippen molar-refractivity contribution in [2.75, 3.05) is 0 Å². The lowest BCUT2D eigenvalue weighted by Gasteiger charge is -2.10. The van der Waals surface area contributed by atoms with E-state index in [4.69, 9.17) is 5.73 Å². The number of Topliss-reactive ketones (excluding diaryl/α,β-unsaturated/α-hetero) is 1. The van der Waals surface area contributed by atoms with Gasteiger partial charge >= 0.3 is 0 Å². The fourth-order valence-corrected chi connectivity index (χ4v) is 2.48. The molecule has 2 heteroatoms. The third kappa shape index (κ3) is 2.16. The molecule has 2 nitrogen and oxygen atoms in total. The average Bonchev–Trinajstić information content (AvgIpc) is 3.22. The van der Waals surface area contributed by atoms with Crippen LogP contribution in [0.2, 0.25) is 0 Å². The van der Waals surface area contributed by atoms with Crippen LogP contribution in [0.15, 0.2) is 42.5 Å². The Bertz CT molecular complexity index is 581. The summed E-state index contributed by atoms with van der Waals surface area (Å²) in [6.07, 6.45) is 2.84. The highest BCUT2D eigenvalue weighted by Gasteiger charge is 2.30. The van der Waals surface area contributed by atoms with Crippen LogP contribution >= 0.6 is 0 Å². The number of hydrogen-bond acceptors (Lipinski definition) is 2. The van der Waals surface area contributed by atoms with Crippen LogP contribution in [0.5, 0.6) is 0 Å². The van der Waals surface area contributed by atoms with Crippen LogP contribution in [0.3, 0.4) is 0 Å². The summed E-state index contributed by atoms with van der Waals surface area (Å²) in [5, 5.41) is 2.15. The highest BCUT2D eigenvalue weighted by atomic mass is 16.1. The van der Waals surface area contributed by atoms with Crippen molar-refractivity contribution in [3.63, 3.8) is 0 Å². The predicted molar refractivity (Wildman–Crippen MR) is 73.6 cm³/mol. The molecule has 1 unspecified atom stereocenters. The molecule has 0 aliphatic heterocycles. The van der Waals surface area contributed by atoms with Crippen molar-refractivity contribution in [2.24, 2.45) is 11.7 Å². The van der Waals surface area contributed by atoms with Gasteiger partial charge in [0.25, 0.3) is 0 Å². The van der Waals surface area contributed by atoms with E-state index in [1.54, 1.807) is 0 Å². The molecular formula is C16H17NO. The smallest absolute Gasteiger partial charge is 0.165 e. The summed E-state index contributed by atoms with van der Waals surface area (Å²) in [7, 11) is 0. The highest BCUT2D eigenvalue weighted by Crippen LogP contribution is 2.33. The number of carbonyl (C=O) groups is 1. The molecule has 2 aromatic rings. The van der Waals surface area contributed by atoms with Crippen molar-refractivity contribution >= 4 is 16.6 Å². The number of ketones is 1. The van der Waals surface area contributed by atoms with Crippen LogP contribution in [0.4, 0.5) is 0 Å². The Morgan fingerprint density at radius 3 is 2.67 bits per heavy atom. The zero-order valence-corrected chi connectivity index (χ0v) is 10.3. The van der Waals surface area contributed by atoms with E-state index in [0.717, 1.165) is 16.3 Å². The van der Waals surface area contributed by atoms with Crippen molar-refractivity contribution in [1.29, 1.82) is 0 Å². The van der Waals surface area contributed by atoms with Gasteiger partial charge in [-0.15, -0.1) is 0 Å². The lowest BCUT2D eigenvalue weighted by molar-refractivity contribution is 0.0973. The number of hydrogen-bond donors (Lipinski definition) is 1. The van der Waals surface area contributed by atoms with Crippen LogP contribution < -0.4 is 5.73 Å². The predicted octanol–water partition coefficient (Wildman–Crippen LogP) is 3.15. The van der Waals surface area contributed by atoms with Crippen molar-refractivity contribution in [3.8, 4) is 0 Å². The highest BCUT2D eigenvalue weighted by molar-refractivity contribution is 6.08. The quantitative estimate of drug-likeness (QED) is 0.833. The van der Waals surface area contributed by atoms with Gasteiger partial charge in [-0.2, -0.15) is 0 Å². The second-order valence-corrected chi connectivity index (χ2v) is 5.16. The molecule has 0 radical (unpaired) electrons. The minimum atomic E-state index is 0.0384. The molecule has 1 atom stereocenters. The fraction of sp³-hybridized carbons (Fsp3) is 0.312. The van der Waals surface area contributed by atoms with Crippen LogP contribution in [-0.4, -0.2) is 11.8 Å². The first-order valence-corrected chi connectivity index (χ1v) is 6.52. The summed E-state index contributed by atoms with van der Waals surface area (Å²) in [6.45, 7) is 0. The van der Waals surface area contributed by atoms with E-state index in [9.17, 15) is 4.79 Å². The molecule has 0 saturated heterocycles. The molecule has 0 amide bonds. The van der Waals surface area contributed by atoms with E-state index in [2.05, 4.69) is 0 Å². The Kier molecular flexibility index (Phi) is 2.88. The first-order valence-electron chi connectivity index (χ1n) is 6.52. The first kappa shape index (κ1) is 11.4. The van der Waals surface area contributed by atoms with Gasteiger partial charge in [0.15, 0.2) is 5.78 Å². The van der Waals surface area contributed by atoms with Crippen molar-refractivity contribution in [2.45, 2.75) is 25.3 Å². The molecule has 2 aromatic carbocycles. The molecule has 0 heterocycles. The van der Waals surface area contributed by atoms with Crippen LogP contribution in [0, 0.1) is 5.92 Å². The van der Waals surface area contributed by atoms with Gasteiger partial charge in [0.1, 0.15) is 0 Å². The molecule has 92 valence electrons. The van der Waals surface area contributed by atoms with Crippen LogP contribution in [-0.2, 0) is 0 Å². The summed E-state index contributed by atoms with van der Waals surface area (Å²) in [4.78, 5) is 12.3. The molecule has 0 aromatic heterocycles. The number of carbonyl (C=O) groups excluding carboxylic acids is 1. The monoisotopic (exact) mass is 239 g/mol. The average molecular weight is 239 g/mol. The van der Waals surface area contributed by atoms with Gasteiger partial charge in [-0.05, 0) is 29.5 Å². The fourth-order valence-electron chi connectivity index (χ4n) is 2.48. The molecular weight excluding hydrogens is 222 g/mol. The van der Waals surface area contributed by atoms with Crippen molar-refractivity contribution in [1.82, 2.24) is 0 Å². The second-order valence-electron chi connectivity index (χ2n) is 5.16. The first-order chi connectivity index (χ1) is 8.75. The van der Waals surface area contributed by atoms with Gasteiger partial charge in [-0.25, -0.2) is 0 Å². The standard InChI is InChI=1S/C16H17NO/c17-15(12-8-9-12)10-16(18)14-7-3-5-11-4-1-2-6-13(11)14/h1-7,12,15H,8-10,17H2. The Labute approximate surface area is 107 Å². The Morgan fingerprint density at radius 1 is 1.17 bits per heavy atom. The van der Waals surface area contributed by atoms with Crippen LogP contribution in [0.1, 0.15) is 29.6 Å². The largest absolute Gasteiger partial charge is 0.327 e. The Morgan fingerprint density at radius 2 is 1.89 bits per heavy atom. The maximum atomic E-state index is 12.3. The lowest BCUT2D eigenvalue weighted by atomic mass is 9.96. The number of nitrogens with two attached hydrogens (primary N) is 1. The summed E-state index contributed by atoms with van der Waals surface area (Å²) in [5.74, 6) is 0.745. The van der Waals surface area contributed by atoms with E-state index in [0.29, 0.717) is 12.3 Å². The van der Waals surface area contributed by atoms with Gasteiger partial charge in [0, 0.05) is 18.0 Å². The minimum Gasteiger partial charge on any atom is -0.327 e. The van der Waals surface area contributed by atoms with Crippen molar-refractivity contribution in [3.05, 3.63) is 48.0 Å². The maximum Gasteiger partial charge on any atom is 0.165 e. The zero-order chi connectivity index (χ0) is 12.5. The van der Waals surface area contributed by atoms with Gasteiger partial charge in [0.05, 0.1) is 0 Å². The van der Waals surface area contributed by atoms with Gasteiger partial charge in [-0.3, -0.25) is 4.79 Å². The molecule has 0 bridgehead atoms. The number of benzene rings is 2. The van der Waals surface area contributed by atoms with E-state index < -0.39 is 0 Å². The third-order valence-corrected chi connectivity index (χ3v) is 3.74. The number of fused-ring (bicyclic) bond motifs is 1. The molecule has 1 aliphatic carbocycles. The molecule has 0 spiro atoms. The lowest BCUT2D eigenvalue weighted by Crippen LogP contribution is -2.26. The molecule has 3 rings (SSSR count). The summed E-state index contributed by atoms with van der Waals surface area (Å²) < 4.78 is 0. The topological polar surface area (TPSA) is 43.1 Å². The van der Waals surface area contributed by atoms with E-state index in [-0.39, 0.29) is 11.8 Å². The molecule has 1 fully saturated rings. The second kappa shape index (κ2) is 4.54.